The Morgan fingerprint density at radius 3 is 2.34 bits per heavy atom. The standard InChI is InChI=1S/C31H34F4/c1-2-3-4-5-6-7-21-8-10-22(11-9-21)23-14-16-27(29(32)19-23)24-15-17-28-25(18-24)12-13-26(31(28)35)20-30(33)34/h12-22H,2-11H2,1H3. The van der Waals surface area contributed by atoms with Gasteiger partial charge < -0.3 is 0 Å². The van der Waals surface area contributed by atoms with E-state index in [4.69, 9.17) is 0 Å². The van der Waals surface area contributed by atoms with Crippen LogP contribution in [-0.4, -0.2) is 0 Å². The molecule has 0 aromatic heterocycles. The summed E-state index contributed by atoms with van der Waals surface area (Å²) >= 11 is 0. The summed E-state index contributed by atoms with van der Waals surface area (Å²) in [5.41, 5.74) is 2.01. The number of rotatable bonds is 9. The Balaban J connectivity index is 1.42. The highest BCUT2D eigenvalue weighted by Gasteiger charge is 2.23. The van der Waals surface area contributed by atoms with E-state index in [1.165, 1.54) is 63.5 Å². The molecule has 0 saturated heterocycles. The SMILES string of the molecule is CCCCCCCC1CCC(c2ccc(-c3ccc4c(F)c(C=C(F)F)ccc4c3)c(F)c2)CC1. The number of hydrogen-bond acceptors (Lipinski definition) is 0. The molecule has 0 bridgehead atoms. The largest absolute Gasteiger partial charge is 0.271 e. The Kier molecular flexibility index (Phi) is 8.64. The van der Waals surface area contributed by atoms with Crippen molar-refractivity contribution in [2.45, 2.75) is 77.0 Å². The van der Waals surface area contributed by atoms with Crippen molar-refractivity contribution in [3.63, 3.8) is 0 Å². The third kappa shape index (κ3) is 6.34. The summed E-state index contributed by atoms with van der Waals surface area (Å²) in [5, 5.41) is 0.788. The Morgan fingerprint density at radius 2 is 1.63 bits per heavy atom. The number of fused-ring (bicyclic) bond motifs is 1. The first-order chi connectivity index (χ1) is 17.0. The molecule has 1 fully saturated rings. The molecule has 0 unspecified atom stereocenters. The van der Waals surface area contributed by atoms with Crippen LogP contribution in [0, 0.1) is 17.6 Å². The molecular formula is C31H34F4. The lowest BCUT2D eigenvalue weighted by Crippen LogP contribution is -2.13. The van der Waals surface area contributed by atoms with Crippen LogP contribution < -0.4 is 0 Å². The zero-order valence-electron chi connectivity index (χ0n) is 20.4. The van der Waals surface area contributed by atoms with Crippen LogP contribution in [0.15, 0.2) is 54.6 Å². The molecule has 0 spiro atoms. The minimum Gasteiger partial charge on any atom is -0.206 e. The first-order valence-electron chi connectivity index (χ1n) is 13.0. The molecule has 0 heterocycles. The van der Waals surface area contributed by atoms with E-state index < -0.39 is 11.9 Å². The van der Waals surface area contributed by atoms with Gasteiger partial charge in [-0.05, 0) is 66.2 Å². The van der Waals surface area contributed by atoms with Crippen molar-refractivity contribution in [3.8, 4) is 11.1 Å². The van der Waals surface area contributed by atoms with Crippen LogP contribution in [0.1, 0.15) is 88.2 Å². The van der Waals surface area contributed by atoms with Gasteiger partial charge in [-0.2, -0.15) is 8.78 Å². The van der Waals surface area contributed by atoms with E-state index >= 15 is 4.39 Å². The second kappa shape index (κ2) is 11.9. The highest BCUT2D eigenvalue weighted by atomic mass is 19.3. The van der Waals surface area contributed by atoms with E-state index in [0.29, 0.717) is 28.5 Å². The zero-order valence-corrected chi connectivity index (χ0v) is 20.4. The van der Waals surface area contributed by atoms with E-state index in [9.17, 15) is 13.2 Å². The van der Waals surface area contributed by atoms with Gasteiger partial charge in [0.15, 0.2) is 0 Å². The molecule has 0 atom stereocenters. The summed E-state index contributed by atoms with van der Waals surface area (Å²) in [7, 11) is 0. The van der Waals surface area contributed by atoms with Gasteiger partial charge >= 0.3 is 0 Å². The second-order valence-corrected chi connectivity index (χ2v) is 10.00. The van der Waals surface area contributed by atoms with Gasteiger partial charge in [0.05, 0.1) is 0 Å². The summed E-state index contributed by atoms with van der Waals surface area (Å²) in [6.07, 6.45) is 11.2. The van der Waals surface area contributed by atoms with Gasteiger partial charge in [0.2, 0.25) is 0 Å². The predicted octanol–water partition coefficient (Wildman–Crippen LogP) is 10.7. The van der Waals surface area contributed by atoms with E-state index in [2.05, 4.69) is 6.92 Å². The molecule has 4 rings (SSSR count). The quantitative estimate of drug-likeness (QED) is 0.210. The summed E-state index contributed by atoms with van der Waals surface area (Å²) in [6, 6.07) is 13.3. The molecule has 4 heteroatoms. The highest BCUT2D eigenvalue weighted by molar-refractivity contribution is 5.89. The van der Waals surface area contributed by atoms with Crippen LogP contribution in [-0.2, 0) is 0 Å². The van der Waals surface area contributed by atoms with Crippen LogP contribution in [0.5, 0.6) is 0 Å². The van der Waals surface area contributed by atoms with E-state index in [0.717, 1.165) is 24.3 Å². The molecule has 0 amide bonds. The summed E-state index contributed by atoms with van der Waals surface area (Å²) in [5.74, 6) is 0.240. The normalized spacial score (nSPS) is 18.1. The number of benzene rings is 3. The minimum atomic E-state index is -1.95. The van der Waals surface area contributed by atoms with Crippen LogP contribution in [0.2, 0.25) is 0 Å². The number of hydrogen-bond donors (Lipinski definition) is 0. The maximum absolute atomic E-state index is 15.2. The van der Waals surface area contributed by atoms with Crippen molar-refractivity contribution in [1.82, 2.24) is 0 Å². The van der Waals surface area contributed by atoms with E-state index in [1.807, 2.05) is 12.1 Å². The molecule has 35 heavy (non-hydrogen) atoms. The molecular weight excluding hydrogens is 448 g/mol. The summed E-state index contributed by atoms with van der Waals surface area (Å²) < 4.78 is 54.9. The molecule has 0 aliphatic heterocycles. The van der Waals surface area contributed by atoms with E-state index in [-0.39, 0.29) is 16.8 Å². The lowest BCUT2D eigenvalue weighted by molar-refractivity contribution is 0.301. The van der Waals surface area contributed by atoms with Crippen molar-refractivity contribution >= 4 is 16.8 Å². The molecule has 3 aromatic rings. The molecule has 1 saturated carbocycles. The van der Waals surface area contributed by atoms with Gasteiger partial charge in [-0.1, -0.05) is 81.8 Å². The van der Waals surface area contributed by atoms with Crippen LogP contribution >= 0.6 is 0 Å². The topological polar surface area (TPSA) is 0 Å². The molecule has 0 radical (unpaired) electrons. The minimum absolute atomic E-state index is 0.160. The Bertz CT molecular complexity index is 1170. The van der Waals surface area contributed by atoms with Gasteiger partial charge in [0.1, 0.15) is 11.6 Å². The third-order valence-corrected chi connectivity index (χ3v) is 7.59. The van der Waals surface area contributed by atoms with Gasteiger partial charge in [-0.25, -0.2) is 8.78 Å². The van der Waals surface area contributed by atoms with Crippen molar-refractivity contribution in [3.05, 3.63) is 77.4 Å². The van der Waals surface area contributed by atoms with Crippen molar-refractivity contribution in [2.75, 3.05) is 0 Å². The first-order valence-corrected chi connectivity index (χ1v) is 13.0. The van der Waals surface area contributed by atoms with E-state index in [1.54, 1.807) is 24.3 Å². The van der Waals surface area contributed by atoms with Crippen molar-refractivity contribution in [1.29, 1.82) is 0 Å². The molecule has 1 aliphatic rings. The molecule has 0 N–H and O–H groups in total. The smallest absolute Gasteiger partial charge is 0.206 e. The fraction of sp³-hybridized carbons (Fsp3) is 0.419. The molecule has 0 nitrogen and oxygen atoms in total. The third-order valence-electron chi connectivity index (χ3n) is 7.59. The molecule has 1 aliphatic carbocycles. The molecule has 186 valence electrons. The van der Waals surface area contributed by atoms with Gasteiger partial charge in [-0.15, -0.1) is 0 Å². The second-order valence-electron chi connectivity index (χ2n) is 10.00. The predicted molar refractivity (Wildman–Crippen MR) is 138 cm³/mol. The average molecular weight is 483 g/mol. The maximum Gasteiger partial charge on any atom is 0.271 e. The monoisotopic (exact) mass is 482 g/mol. The maximum atomic E-state index is 15.2. The molecule has 3 aromatic carbocycles. The highest BCUT2D eigenvalue weighted by Crippen LogP contribution is 2.39. The zero-order chi connectivity index (χ0) is 24.8. The van der Waals surface area contributed by atoms with Gasteiger partial charge in [0.25, 0.3) is 6.08 Å². The number of halogens is 4. The van der Waals surface area contributed by atoms with Crippen LogP contribution in [0.3, 0.4) is 0 Å². The van der Waals surface area contributed by atoms with Gasteiger partial charge in [0, 0.05) is 22.6 Å². The van der Waals surface area contributed by atoms with Crippen LogP contribution in [0.25, 0.3) is 28.0 Å². The van der Waals surface area contributed by atoms with Crippen LogP contribution in [0.4, 0.5) is 17.6 Å². The average Bonchev–Trinajstić information content (AvgIpc) is 2.85. The summed E-state index contributed by atoms with van der Waals surface area (Å²) in [4.78, 5) is 0. The number of unbranched alkanes of at least 4 members (excludes halogenated alkanes) is 4. The lowest BCUT2D eigenvalue weighted by Gasteiger charge is -2.29. The Labute approximate surface area is 206 Å². The Hall–Kier alpha value is -2.62. The Morgan fingerprint density at radius 1 is 0.857 bits per heavy atom. The fourth-order valence-corrected chi connectivity index (χ4v) is 5.55. The summed E-state index contributed by atoms with van der Waals surface area (Å²) in [6.45, 7) is 2.24. The van der Waals surface area contributed by atoms with Gasteiger partial charge in [-0.3, -0.25) is 0 Å². The van der Waals surface area contributed by atoms with Crippen molar-refractivity contribution in [2.24, 2.45) is 5.92 Å². The van der Waals surface area contributed by atoms with Crippen molar-refractivity contribution < 1.29 is 17.6 Å². The lowest BCUT2D eigenvalue weighted by atomic mass is 9.77. The fourth-order valence-electron chi connectivity index (χ4n) is 5.55. The first kappa shape index (κ1) is 25.5.